The van der Waals surface area contributed by atoms with E-state index in [1.165, 1.54) is 80.9 Å². The molecule has 0 N–H and O–H groups in total. The predicted octanol–water partition coefficient (Wildman–Crippen LogP) is 9.14. The molecular formula is C29H44O2. The first-order valence-corrected chi connectivity index (χ1v) is 12.7. The summed E-state index contributed by atoms with van der Waals surface area (Å²) < 4.78 is 11.9. The average Bonchev–Trinajstić information content (AvgIpc) is 2.81. The van der Waals surface area contributed by atoms with Gasteiger partial charge in [-0.05, 0) is 48.6 Å². The van der Waals surface area contributed by atoms with Crippen LogP contribution >= 0.6 is 0 Å². The van der Waals surface area contributed by atoms with Gasteiger partial charge in [0.1, 0.15) is 5.75 Å². The smallest absolute Gasteiger partial charge is 0.119 e. The van der Waals surface area contributed by atoms with E-state index in [9.17, 15) is 0 Å². The van der Waals surface area contributed by atoms with Crippen LogP contribution in [0.3, 0.4) is 0 Å². The minimum absolute atomic E-state index is 0.151. The van der Waals surface area contributed by atoms with E-state index in [2.05, 4.69) is 69.3 Å². The molecule has 0 aliphatic carbocycles. The summed E-state index contributed by atoms with van der Waals surface area (Å²) >= 11 is 0. The lowest BCUT2D eigenvalue weighted by atomic mass is 10.0. The van der Waals surface area contributed by atoms with Gasteiger partial charge in [0.05, 0.1) is 12.7 Å². The molecule has 0 radical (unpaired) electrons. The van der Waals surface area contributed by atoms with Crippen LogP contribution in [0, 0.1) is 0 Å². The molecule has 0 fully saturated rings. The summed E-state index contributed by atoms with van der Waals surface area (Å²) in [5.74, 6) is 0.965. The summed E-state index contributed by atoms with van der Waals surface area (Å²) in [7, 11) is 0. The highest BCUT2D eigenvalue weighted by Crippen LogP contribution is 2.25. The molecule has 2 rings (SSSR count). The van der Waals surface area contributed by atoms with Crippen molar-refractivity contribution in [2.45, 2.75) is 97.5 Å². The summed E-state index contributed by atoms with van der Waals surface area (Å²) in [5, 5.41) is 0. The molecule has 1 unspecified atom stereocenters. The zero-order valence-electron chi connectivity index (χ0n) is 20.2. The topological polar surface area (TPSA) is 18.5 Å². The molecule has 0 amide bonds. The van der Waals surface area contributed by atoms with Crippen LogP contribution in [0.2, 0.25) is 0 Å². The van der Waals surface area contributed by atoms with Crippen LogP contribution in [-0.2, 0) is 4.74 Å². The maximum Gasteiger partial charge on any atom is 0.119 e. The van der Waals surface area contributed by atoms with Gasteiger partial charge in [-0.3, -0.25) is 0 Å². The van der Waals surface area contributed by atoms with E-state index < -0.39 is 0 Å². The summed E-state index contributed by atoms with van der Waals surface area (Å²) in [6.07, 6.45) is 14.3. The van der Waals surface area contributed by atoms with E-state index >= 15 is 0 Å². The molecule has 0 aliphatic rings. The highest BCUT2D eigenvalue weighted by atomic mass is 16.5. The van der Waals surface area contributed by atoms with Crippen molar-refractivity contribution in [3.05, 3.63) is 54.1 Å². The fourth-order valence-corrected chi connectivity index (χ4v) is 3.82. The molecule has 0 saturated carbocycles. The Labute approximate surface area is 191 Å². The normalized spacial score (nSPS) is 12.1. The summed E-state index contributed by atoms with van der Waals surface area (Å²) in [4.78, 5) is 0. The van der Waals surface area contributed by atoms with Gasteiger partial charge in [0, 0.05) is 6.61 Å². The molecule has 2 aromatic carbocycles. The van der Waals surface area contributed by atoms with Gasteiger partial charge in [0.15, 0.2) is 0 Å². The van der Waals surface area contributed by atoms with E-state index in [0.29, 0.717) is 0 Å². The van der Waals surface area contributed by atoms with Gasteiger partial charge in [-0.2, -0.15) is 0 Å². The lowest BCUT2D eigenvalue weighted by Gasteiger charge is -2.14. The van der Waals surface area contributed by atoms with Gasteiger partial charge in [0.2, 0.25) is 0 Å². The van der Waals surface area contributed by atoms with Gasteiger partial charge in [0.25, 0.3) is 0 Å². The zero-order chi connectivity index (χ0) is 22.2. The lowest BCUT2D eigenvalue weighted by molar-refractivity contribution is 0.0627. The van der Waals surface area contributed by atoms with Crippen LogP contribution in [-0.4, -0.2) is 13.2 Å². The van der Waals surface area contributed by atoms with Crippen LogP contribution < -0.4 is 4.74 Å². The van der Waals surface area contributed by atoms with E-state index in [4.69, 9.17) is 9.47 Å². The Bertz CT molecular complexity index is 675. The number of rotatable bonds is 17. The summed E-state index contributed by atoms with van der Waals surface area (Å²) in [6, 6.07) is 17.3. The first-order chi connectivity index (χ1) is 15.2. The number of hydrogen-bond acceptors (Lipinski definition) is 2. The molecule has 1 atom stereocenters. The van der Waals surface area contributed by atoms with Gasteiger partial charge >= 0.3 is 0 Å². The standard InChI is InChI=1S/C29H44O2/c1-4-6-8-10-12-13-23-30-25(3)26-15-17-27(18-16-26)28-19-21-29(22-20-28)31-24-14-11-9-7-5-2/h15-22,25H,4-14,23-24H2,1-3H3. The Kier molecular flexibility index (Phi) is 13.1. The molecule has 2 aromatic rings. The van der Waals surface area contributed by atoms with Crippen LogP contribution in [0.5, 0.6) is 5.75 Å². The van der Waals surface area contributed by atoms with Gasteiger partial charge in [-0.25, -0.2) is 0 Å². The molecule has 0 bridgehead atoms. The third-order valence-corrected chi connectivity index (χ3v) is 5.95. The first kappa shape index (κ1) is 25.5. The molecule has 2 nitrogen and oxygen atoms in total. The molecular weight excluding hydrogens is 380 g/mol. The third-order valence-electron chi connectivity index (χ3n) is 5.95. The van der Waals surface area contributed by atoms with Crippen molar-refractivity contribution in [1.82, 2.24) is 0 Å². The Hall–Kier alpha value is -1.80. The second kappa shape index (κ2) is 15.9. The fraction of sp³-hybridized carbons (Fsp3) is 0.586. The minimum Gasteiger partial charge on any atom is -0.494 e. The molecule has 0 heterocycles. The highest BCUT2D eigenvalue weighted by Gasteiger charge is 2.06. The van der Waals surface area contributed by atoms with Crippen LogP contribution in [0.15, 0.2) is 48.5 Å². The van der Waals surface area contributed by atoms with Crippen LogP contribution in [0.25, 0.3) is 11.1 Å². The number of benzene rings is 2. The number of unbranched alkanes of at least 4 members (excludes halogenated alkanes) is 9. The molecule has 0 aromatic heterocycles. The molecule has 2 heteroatoms. The van der Waals surface area contributed by atoms with E-state index in [-0.39, 0.29) is 6.10 Å². The van der Waals surface area contributed by atoms with Crippen molar-refractivity contribution >= 4 is 0 Å². The second-order valence-corrected chi connectivity index (χ2v) is 8.69. The van der Waals surface area contributed by atoms with Gasteiger partial charge in [-0.1, -0.05) is 108 Å². The minimum atomic E-state index is 0.151. The van der Waals surface area contributed by atoms with Crippen molar-refractivity contribution in [1.29, 1.82) is 0 Å². The molecule has 31 heavy (non-hydrogen) atoms. The van der Waals surface area contributed by atoms with Crippen molar-refractivity contribution < 1.29 is 9.47 Å². The van der Waals surface area contributed by atoms with E-state index in [0.717, 1.165) is 25.4 Å². The summed E-state index contributed by atoms with van der Waals surface area (Å²) in [5.41, 5.74) is 3.71. The maximum atomic E-state index is 6.05. The molecule has 172 valence electrons. The van der Waals surface area contributed by atoms with Crippen LogP contribution in [0.4, 0.5) is 0 Å². The zero-order valence-corrected chi connectivity index (χ0v) is 20.2. The quantitative estimate of drug-likeness (QED) is 0.236. The van der Waals surface area contributed by atoms with E-state index in [1.807, 2.05) is 0 Å². The average molecular weight is 425 g/mol. The van der Waals surface area contributed by atoms with E-state index in [1.54, 1.807) is 0 Å². The van der Waals surface area contributed by atoms with Crippen LogP contribution in [0.1, 0.15) is 103 Å². The second-order valence-electron chi connectivity index (χ2n) is 8.69. The number of ether oxygens (including phenoxy) is 2. The van der Waals surface area contributed by atoms with Crippen molar-refractivity contribution in [3.8, 4) is 16.9 Å². The Morgan fingerprint density at radius 2 is 1.06 bits per heavy atom. The molecule has 0 saturated heterocycles. The fourth-order valence-electron chi connectivity index (χ4n) is 3.82. The van der Waals surface area contributed by atoms with Gasteiger partial charge in [-0.15, -0.1) is 0 Å². The van der Waals surface area contributed by atoms with Gasteiger partial charge < -0.3 is 9.47 Å². The number of hydrogen-bond donors (Lipinski definition) is 0. The third kappa shape index (κ3) is 10.4. The highest BCUT2D eigenvalue weighted by molar-refractivity contribution is 5.64. The Morgan fingerprint density at radius 1 is 0.581 bits per heavy atom. The van der Waals surface area contributed by atoms with Crippen molar-refractivity contribution in [2.75, 3.05) is 13.2 Å². The first-order valence-electron chi connectivity index (χ1n) is 12.7. The monoisotopic (exact) mass is 424 g/mol. The SMILES string of the molecule is CCCCCCCCOC(C)c1ccc(-c2ccc(OCCCCCCC)cc2)cc1. The predicted molar refractivity (Wildman–Crippen MR) is 134 cm³/mol. The maximum absolute atomic E-state index is 6.05. The molecule has 0 spiro atoms. The summed E-state index contributed by atoms with van der Waals surface area (Å²) in [6.45, 7) is 8.33. The molecule has 0 aliphatic heterocycles. The van der Waals surface area contributed by atoms with Crippen molar-refractivity contribution in [3.63, 3.8) is 0 Å². The Morgan fingerprint density at radius 3 is 1.65 bits per heavy atom. The van der Waals surface area contributed by atoms with Crippen molar-refractivity contribution in [2.24, 2.45) is 0 Å². The Balaban J connectivity index is 1.71. The lowest BCUT2D eigenvalue weighted by Crippen LogP contribution is -2.01. The largest absolute Gasteiger partial charge is 0.494 e.